The SMILES string of the molecule is COC(=O)CC[C@H](C)COC1CCCCO1. The van der Waals surface area contributed by atoms with E-state index in [1.807, 2.05) is 0 Å². The van der Waals surface area contributed by atoms with Gasteiger partial charge in [0.2, 0.25) is 0 Å². The summed E-state index contributed by atoms with van der Waals surface area (Å²) < 4.78 is 15.7. The molecule has 0 aliphatic carbocycles. The fourth-order valence-electron chi connectivity index (χ4n) is 1.66. The number of esters is 1. The number of carbonyl (C=O) groups is 1. The Morgan fingerprint density at radius 1 is 1.50 bits per heavy atom. The van der Waals surface area contributed by atoms with Crippen molar-refractivity contribution in [3.8, 4) is 0 Å². The highest BCUT2D eigenvalue weighted by atomic mass is 16.7. The van der Waals surface area contributed by atoms with Crippen molar-refractivity contribution in [3.05, 3.63) is 0 Å². The van der Waals surface area contributed by atoms with Crippen LogP contribution < -0.4 is 0 Å². The lowest BCUT2D eigenvalue weighted by molar-refractivity contribution is -0.168. The van der Waals surface area contributed by atoms with Crippen LogP contribution in [-0.4, -0.2) is 32.6 Å². The van der Waals surface area contributed by atoms with E-state index in [1.54, 1.807) is 0 Å². The predicted molar refractivity (Wildman–Crippen MR) is 60.0 cm³/mol. The van der Waals surface area contributed by atoms with Gasteiger partial charge in [-0.25, -0.2) is 0 Å². The summed E-state index contributed by atoms with van der Waals surface area (Å²) in [5, 5.41) is 0. The first kappa shape index (κ1) is 13.5. The molecule has 1 aliphatic heterocycles. The number of ether oxygens (including phenoxy) is 3. The first-order chi connectivity index (χ1) is 7.72. The molecule has 0 amide bonds. The van der Waals surface area contributed by atoms with E-state index < -0.39 is 0 Å². The Balaban J connectivity index is 2.04. The molecular formula is C12H22O4. The molecule has 0 N–H and O–H groups in total. The van der Waals surface area contributed by atoms with Gasteiger partial charge in [-0.15, -0.1) is 0 Å². The van der Waals surface area contributed by atoms with E-state index >= 15 is 0 Å². The summed E-state index contributed by atoms with van der Waals surface area (Å²) in [7, 11) is 1.42. The third-order valence-electron chi connectivity index (χ3n) is 2.77. The number of carbonyl (C=O) groups excluding carboxylic acids is 1. The monoisotopic (exact) mass is 230 g/mol. The van der Waals surface area contributed by atoms with Crippen LogP contribution in [0.15, 0.2) is 0 Å². The van der Waals surface area contributed by atoms with Gasteiger partial charge in [-0.05, 0) is 31.6 Å². The topological polar surface area (TPSA) is 44.8 Å². The van der Waals surface area contributed by atoms with Crippen molar-refractivity contribution in [2.75, 3.05) is 20.3 Å². The van der Waals surface area contributed by atoms with Crippen LogP contribution in [0.5, 0.6) is 0 Å². The molecule has 0 aromatic rings. The Hall–Kier alpha value is -0.610. The van der Waals surface area contributed by atoms with Gasteiger partial charge in [0.05, 0.1) is 13.7 Å². The number of hydrogen-bond acceptors (Lipinski definition) is 4. The fourth-order valence-corrected chi connectivity index (χ4v) is 1.66. The zero-order valence-electron chi connectivity index (χ0n) is 10.2. The Morgan fingerprint density at radius 3 is 2.94 bits per heavy atom. The zero-order chi connectivity index (χ0) is 11.8. The zero-order valence-corrected chi connectivity index (χ0v) is 10.2. The molecule has 2 atom stereocenters. The molecule has 0 spiro atoms. The quantitative estimate of drug-likeness (QED) is 0.656. The van der Waals surface area contributed by atoms with Gasteiger partial charge >= 0.3 is 5.97 Å². The minimum Gasteiger partial charge on any atom is -0.469 e. The van der Waals surface area contributed by atoms with E-state index in [0.29, 0.717) is 18.9 Å². The van der Waals surface area contributed by atoms with Gasteiger partial charge in [0, 0.05) is 13.0 Å². The summed E-state index contributed by atoms with van der Waals surface area (Å²) in [5.41, 5.74) is 0. The van der Waals surface area contributed by atoms with Crippen LogP contribution in [0.4, 0.5) is 0 Å². The summed E-state index contributed by atoms with van der Waals surface area (Å²) in [6.45, 7) is 3.54. The van der Waals surface area contributed by atoms with Crippen LogP contribution >= 0.6 is 0 Å². The highest BCUT2D eigenvalue weighted by molar-refractivity contribution is 5.69. The van der Waals surface area contributed by atoms with Crippen LogP contribution in [-0.2, 0) is 19.0 Å². The fraction of sp³-hybridized carbons (Fsp3) is 0.917. The minimum absolute atomic E-state index is 0.0330. The molecular weight excluding hydrogens is 208 g/mol. The second-order valence-corrected chi connectivity index (χ2v) is 4.35. The van der Waals surface area contributed by atoms with Gasteiger partial charge in [-0.2, -0.15) is 0 Å². The van der Waals surface area contributed by atoms with Crippen molar-refractivity contribution >= 4 is 5.97 Å². The molecule has 0 radical (unpaired) electrons. The number of methoxy groups -OCH3 is 1. The van der Waals surface area contributed by atoms with E-state index in [-0.39, 0.29) is 12.3 Å². The summed E-state index contributed by atoms with van der Waals surface area (Å²) in [6, 6.07) is 0. The van der Waals surface area contributed by atoms with Gasteiger partial charge in [0.15, 0.2) is 6.29 Å². The van der Waals surface area contributed by atoms with Crippen molar-refractivity contribution in [2.45, 2.75) is 45.3 Å². The third kappa shape index (κ3) is 5.47. The van der Waals surface area contributed by atoms with Gasteiger partial charge < -0.3 is 14.2 Å². The van der Waals surface area contributed by atoms with Crippen molar-refractivity contribution in [2.24, 2.45) is 5.92 Å². The molecule has 0 bridgehead atoms. The molecule has 1 heterocycles. The molecule has 0 aromatic heterocycles. The molecule has 16 heavy (non-hydrogen) atoms. The summed E-state index contributed by atoms with van der Waals surface area (Å²) in [6.07, 6.45) is 4.54. The highest BCUT2D eigenvalue weighted by Crippen LogP contribution is 2.16. The Morgan fingerprint density at radius 2 is 2.31 bits per heavy atom. The van der Waals surface area contributed by atoms with Gasteiger partial charge in [-0.3, -0.25) is 4.79 Å². The van der Waals surface area contributed by atoms with E-state index in [9.17, 15) is 4.79 Å². The maximum absolute atomic E-state index is 10.9. The highest BCUT2D eigenvalue weighted by Gasteiger charge is 2.15. The average molecular weight is 230 g/mol. The van der Waals surface area contributed by atoms with Crippen LogP contribution in [0.2, 0.25) is 0 Å². The summed E-state index contributed by atoms with van der Waals surface area (Å²) in [4.78, 5) is 10.9. The molecule has 4 heteroatoms. The first-order valence-electron chi connectivity index (χ1n) is 6.02. The van der Waals surface area contributed by atoms with Crippen molar-refractivity contribution < 1.29 is 19.0 Å². The average Bonchev–Trinajstić information content (AvgIpc) is 2.34. The molecule has 1 aliphatic rings. The Bertz CT molecular complexity index is 199. The lowest BCUT2D eigenvalue weighted by Gasteiger charge is -2.24. The Labute approximate surface area is 97.2 Å². The molecule has 1 unspecified atom stereocenters. The number of hydrogen-bond donors (Lipinski definition) is 0. The van der Waals surface area contributed by atoms with Crippen molar-refractivity contribution in [3.63, 3.8) is 0 Å². The molecule has 1 saturated heterocycles. The first-order valence-corrected chi connectivity index (χ1v) is 6.02. The van der Waals surface area contributed by atoms with E-state index in [2.05, 4.69) is 11.7 Å². The maximum Gasteiger partial charge on any atom is 0.305 e. The molecule has 1 rings (SSSR count). The van der Waals surface area contributed by atoms with Gasteiger partial charge in [-0.1, -0.05) is 6.92 Å². The maximum atomic E-state index is 10.9. The normalized spacial score (nSPS) is 22.8. The number of rotatable bonds is 6. The van der Waals surface area contributed by atoms with E-state index in [1.165, 1.54) is 13.5 Å². The van der Waals surface area contributed by atoms with Crippen molar-refractivity contribution in [1.29, 1.82) is 0 Å². The van der Waals surface area contributed by atoms with Crippen LogP contribution in [0.3, 0.4) is 0 Å². The lowest BCUT2D eigenvalue weighted by atomic mass is 10.1. The van der Waals surface area contributed by atoms with E-state index in [4.69, 9.17) is 9.47 Å². The van der Waals surface area contributed by atoms with Gasteiger partial charge in [0.1, 0.15) is 0 Å². The molecule has 4 nitrogen and oxygen atoms in total. The standard InChI is InChI=1S/C12H22O4/c1-10(6-7-11(13)14-2)9-16-12-5-3-4-8-15-12/h10,12H,3-9H2,1-2H3/t10-,12?/m0/s1. The largest absolute Gasteiger partial charge is 0.469 e. The molecule has 94 valence electrons. The second-order valence-electron chi connectivity index (χ2n) is 4.35. The van der Waals surface area contributed by atoms with E-state index in [0.717, 1.165) is 25.9 Å². The van der Waals surface area contributed by atoms with Crippen LogP contribution in [0, 0.1) is 5.92 Å². The second kappa shape index (κ2) is 7.63. The lowest BCUT2D eigenvalue weighted by Crippen LogP contribution is -2.24. The Kier molecular flexibility index (Phi) is 6.42. The minimum atomic E-state index is -0.152. The van der Waals surface area contributed by atoms with Crippen molar-refractivity contribution in [1.82, 2.24) is 0 Å². The molecule has 1 fully saturated rings. The van der Waals surface area contributed by atoms with Gasteiger partial charge in [0.25, 0.3) is 0 Å². The summed E-state index contributed by atoms with van der Waals surface area (Å²) >= 11 is 0. The molecule has 0 aromatic carbocycles. The predicted octanol–water partition coefficient (Wildman–Crippen LogP) is 2.12. The van der Waals surface area contributed by atoms with Crippen LogP contribution in [0.1, 0.15) is 39.0 Å². The third-order valence-corrected chi connectivity index (χ3v) is 2.77. The smallest absolute Gasteiger partial charge is 0.305 e. The summed E-state index contributed by atoms with van der Waals surface area (Å²) in [5.74, 6) is 0.213. The molecule has 0 saturated carbocycles. The van der Waals surface area contributed by atoms with Crippen LogP contribution in [0.25, 0.3) is 0 Å².